The number of aromatic nitrogens is 2. The fourth-order valence-corrected chi connectivity index (χ4v) is 3.25. The Morgan fingerprint density at radius 1 is 1.37 bits per heavy atom. The molecule has 2 N–H and O–H groups in total. The van der Waals surface area contributed by atoms with Crippen LogP contribution in [-0.2, 0) is 0 Å². The van der Waals surface area contributed by atoms with Crippen LogP contribution < -0.4 is 10.6 Å². The third-order valence-corrected chi connectivity index (χ3v) is 4.89. The molecule has 0 fully saturated rings. The number of carbonyl (C=O) groups is 1. The van der Waals surface area contributed by atoms with Crippen molar-refractivity contribution in [3.05, 3.63) is 46.1 Å². The molecule has 146 valence electrons. The molecule has 0 radical (unpaired) electrons. The summed E-state index contributed by atoms with van der Waals surface area (Å²) in [5, 5.41) is 9.69. The zero-order valence-electron chi connectivity index (χ0n) is 14.8. The van der Waals surface area contributed by atoms with E-state index in [-0.39, 0.29) is 23.9 Å². The summed E-state index contributed by atoms with van der Waals surface area (Å²) in [6, 6.07) is 6.18. The Hall–Kier alpha value is -2.03. The van der Waals surface area contributed by atoms with E-state index in [4.69, 9.17) is 0 Å². The van der Waals surface area contributed by atoms with E-state index in [0.717, 1.165) is 14.7 Å². The molecular formula is C18H20BrF3N4O. The minimum atomic E-state index is -4.47. The van der Waals surface area contributed by atoms with Gasteiger partial charge in [-0.15, -0.1) is 0 Å². The van der Waals surface area contributed by atoms with Gasteiger partial charge in [0.15, 0.2) is 11.7 Å². The Morgan fingerprint density at radius 2 is 2.04 bits per heavy atom. The standard InChI is InChI=1S/C18H20BrF3N4O/c1-10(2)9-23-17(27)14-8-16-24-13(11-3-5-12(19)6-4-11)7-15(18(20,21)22)26(16)25-14/h3-6,8,10,13,15,24H,7,9H2,1-2H3,(H,23,27)/t13-,15+/m1/s1. The van der Waals surface area contributed by atoms with Gasteiger partial charge in [-0.25, -0.2) is 4.68 Å². The summed E-state index contributed by atoms with van der Waals surface area (Å²) in [6.45, 7) is 4.30. The first-order valence-electron chi connectivity index (χ1n) is 8.61. The highest BCUT2D eigenvalue weighted by molar-refractivity contribution is 9.10. The highest BCUT2D eigenvalue weighted by Gasteiger charge is 2.46. The highest BCUT2D eigenvalue weighted by atomic mass is 79.9. The Morgan fingerprint density at radius 3 is 2.63 bits per heavy atom. The van der Waals surface area contributed by atoms with Gasteiger partial charge in [-0.05, 0) is 23.6 Å². The van der Waals surface area contributed by atoms with Crippen LogP contribution in [0.1, 0.15) is 48.4 Å². The summed E-state index contributed by atoms with van der Waals surface area (Å²) in [4.78, 5) is 12.2. The number of rotatable bonds is 4. The predicted molar refractivity (Wildman–Crippen MR) is 99.6 cm³/mol. The minimum Gasteiger partial charge on any atom is -0.363 e. The number of alkyl halides is 3. The van der Waals surface area contributed by atoms with E-state index in [1.807, 2.05) is 13.8 Å². The molecule has 0 unspecified atom stereocenters. The summed E-state index contributed by atoms with van der Waals surface area (Å²) in [5.74, 6) is -0.0614. The second-order valence-corrected chi connectivity index (χ2v) is 7.92. The van der Waals surface area contributed by atoms with Crippen molar-refractivity contribution in [2.75, 3.05) is 11.9 Å². The molecule has 2 atom stereocenters. The Kier molecular flexibility index (Phi) is 5.50. The predicted octanol–water partition coefficient (Wildman–Crippen LogP) is 4.69. The molecule has 1 aromatic carbocycles. The molecule has 1 aliphatic heterocycles. The second kappa shape index (κ2) is 7.53. The number of benzene rings is 1. The molecule has 3 rings (SSSR count). The maximum atomic E-state index is 13.6. The van der Waals surface area contributed by atoms with Crippen LogP contribution in [0.5, 0.6) is 0 Å². The number of nitrogens with zero attached hydrogens (tertiary/aromatic N) is 2. The van der Waals surface area contributed by atoms with Crippen LogP contribution in [-0.4, -0.2) is 28.4 Å². The fourth-order valence-electron chi connectivity index (χ4n) is 2.99. The quantitative estimate of drug-likeness (QED) is 0.718. The number of carbonyl (C=O) groups excluding carboxylic acids is 1. The van der Waals surface area contributed by atoms with Gasteiger partial charge in [0.2, 0.25) is 0 Å². The molecular weight excluding hydrogens is 425 g/mol. The number of halogens is 4. The lowest BCUT2D eigenvalue weighted by molar-refractivity contribution is -0.173. The van der Waals surface area contributed by atoms with Crippen LogP contribution in [0.2, 0.25) is 0 Å². The second-order valence-electron chi connectivity index (χ2n) is 7.00. The zero-order valence-corrected chi connectivity index (χ0v) is 16.4. The average Bonchev–Trinajstić information content (AvgIpc) is 3.02. The zero-order chi connectivity index (χ0) is 19.8. The summed E-state index contributed by atoms with van der Waals surface area (Å²) >= 11 is 3.32. The molecule has 2 heterocycles. The molecule has 0 saturated heterocycles. The summed E-state index contributed by atoms with van der Waals surface area (Å²) in [7, 11) is 0. The van der Waals surface area contributed by atoms with Gasteiger partial charge in [-0.2, -0.15) is 18.3 Å². The third-order valence-electron chi connectivity index (χ3n) is 4.37. The van der Waals surface area contributed by atoms with Gasteiger partial charge in [-0.3, -0.25) is 4.79 Å². The Bertz CT molecular complexity index is 817. The fraction of sp³-hybridized carbons (Fsp3) is 0.444. The van der Waals surface area contributed by atoms with E-state index in [2.05, 4.69) is 31.7 Å². The first kappa shape index (κ1) is 19.7. The molecule has 5 nitrogen and oxygen atoms in total. The molecule has 0 spiro atoms. The molecule has 0 bridgehead atoms. The van der Waals surface area contributed by atoms with Crippen molar-refractivity contribution in [1.82, 2.24) is 15.1 Å². The smallest absolute Gasteiger partial charge is 0.363 e. The van der Waals surface area contributed by atoms with Crippen molar-refractivity contribution in [3.63, 3.8) is 0 Å². The monoisotopic (exact) mass is 444 g/mol. The number of anilines is 1. The van der Waals surface area contributed by atoms with Gasteiger partial charge in [0.05, 0.1) is 6.04 Å². The third kappa shape index (κ3) is 4.45. The van der Waals surface area contributed by atoms with E-state index in [0.29, 0.717) is 6.54 Å². The Balaban J connectivity index is 1.91. The van der Waals surface area contributed by atoms with Crippen LogP contribution in [0, 0.1) is 5.92 Å². The van der Waals surface area contributed by atoms with Crippen LogP contribution in [0.4, 0.5) is 19.0 Å². The van der Waals surface area contributed by atoms with E-state index in [1.165, 1.54) is 6.07 Å². The van der Waals surface area contributed by atoms with Gasteiger partial charge in [0.25, 0.3) is 5.91 Å². The number of hydrogen-bond acceptors (Lipinski definition) is 3. The average molecular weight is 445 g/mol. The van der Waals surface area contributed by atoms with Gasteiger partial charge in [0.1, 0.15) is 5.82 Å². The van der Waals surface area contributed by atoms with E-state index in [9.17, 15) is 18.0 Å². The van der Waals surface area contributed by atoms with Gasteiger partial charge in [-0.1, -0.05) is 41.9 Å². The molecule has 27 heavy (non-hydrogen) atoms. The first-order valence-corrected chi connectivity index (χ1v) is 9.41. The number of amides is 1. The number of fused-ring (bicyclic) bond motifs is 1. The number of nitrogens with one attached hydrogen (secondary N) is 2. The van der Waals surface area contributed by atoms with Crippen molar-refractivity contribution in [3.8, 4) is 0 Å². The molecule has 1 aromatic heterocycles. The maximum absolute atomic E-state index is 13.6. The highest BCUT2D eigenvalue weighted by Crippen LogP contribution is 2.43. The molecule has 0 aliphatic carbocycles. The molecule has 9 heteroatoms. The lowest BCUT2D eigenvalue weighted by Gasteiger charge is -2.33. The molecule has 2 aromatic rings. The van der Waals surface area contributed by atoms with Crippen LogP contribution in [0.3, 0.4) is 0 Å². The van der Waals surface area contributed by atoms with Gasteiger partial charge < -0.3 is 10.6 Å². The molecule has 0 saturated carbocycles. The van der Waals surface area contributed by atoms with Crippen LogP contribution in [0.25, 0.3) is 0 Å². The number of hydrogen-bond donors (Lipinski definition) is 2. The summed E-state index contributed by atoms with van der Waals surface area (Å²) in [5.41, 5.74) is 0.717. The molecule has 1 amide bonds. The largest absolute Gasteiger partial charge is 0.410 e. The lowest BCUT2D eigenvalue weighted by atomic mass is 9.97. The SMILES string of the molecule is CC(C)CNC(=O)c1cc2n(n1)[C@H](C(F)(F)F)C[C@H](c1ccc(Br)cc1)N2. The first-order chi connectivity index (χ1) is 12.6. The van der Waals surface area contributed by atoms with Crippen molar-refractivity contribution in [2.45, 2.75) is 38.5 Å². The van der Waals surface area contributed by atoms with Crippen molar-refractivity contribution in [1.29, 1.82) is 0 Å². The molecule has 1 aliphatic rings. The van der Waals surface area contributed by atoms with E-state index in [1.54, 1.807) is 24.3 Å². The summed E-state index contributed by atoms with van der Waals surface area (Å²) in [6.07, 6.45) is -4.67. The summed E-state index contributed by atoms with van der Waals surface area (Å²) < 4.78 is 42.6. The van der Waals surface area contributed by atoms with E-state index < -0.39 is 24.2 Å². The van der Waals surface area contributed by atoms with Crippen molar-refractivity contribution < 1.29 is 18.0 Å². The lowest BCUT2D eigenvalue weighted by Crippen LogP contribution is -2.36. The van der Waals surface area contributed by atoms with E-state index >= 15 is 0 Å². The minimum absolute atomic E-state index is 0.0242. The topological polar surface area (TPSA) is 59.0 Å². The maximum Gasteiger partial charge on any atom is 0.410 e. The van der Waals surface area contributed by atoms with Crippen LogP contribution >= 0.6 is 15.9 Å². The van der Waals surface area contributed by atoms with Gasteiger partial charge in [0, 0.05) is 23.5 Å². The Labute approximate surface area is 163 Å². The van der Waals surface area contributed by atoms with Crippen LogP contribution in [0.15, 0.2) is 34.8 Å². The normalized spacial score (nSPS) is 19.5. The van der Waals surface area contributed by atoms with Crippen molar-refractivity contribution >= 4 is 27.7 Å². The van der Waals surface area contributed by atoms with Crippen molar-refractivity contribution in [2.24, 2.45) is 5.92 Å². The van der Waals surface area contributed by atoms with Gasteiger partial charge >= 0.3 is 6.18 Å².